The van der Waals surface area contributed by atoms with Crippen molar-refractivity contribution in [2.24, 2.45) is 5.92 Å². The molecule has 0 aromatic carbocycles. The van der Waals surface area contributed by atoms with E-state index >= 15 is 0 Å². The summed E-state index contributed by atoms with van der Waals surface area (Å²) >= 11 is 5.71. The molecule has 0 aliphatic heterocycles. The molecule has 1 saturated carbocycles. The predicted molar refractivity (Wildman–Crippen MR) is 60.0 cm³/mol. The number of carboxylic acids is 1. The van der Waals surface area contributed by atoms with Crippen LogP contribution in [0.4, 0.5) is 0 Å². The van der Waals surface area contributed by atoms with Gasteiger partial charge in [0.05, 0.1) is 11.8 Å². The lowest BCUT2D eigenvalue weighted by atomic mass is 10.2. The highest BCUT2D eigenvalue weighted by atomic mass is 35.5. The van der Waals surface area contributed by atoms with E-state index in [0.29, 0.717) is 12.5 Å². The third-order valence-corrected chi connectivity index (χ3v) is 2.93. The van der Waals surface area contributed by atoms with Crippen LogP contribution < -0.4 is 0 Å². The lowest BCUT2D eigenvalue weighted by Gasteiger charge is -2.19. The fourth-order valence-corrected chi connectivity index (χ4v) is 1.81. The first-order valence-corrected chi connectivity index (χ1v) is 5.69. The second-order valence-electron chi connectivity index (χ2n) is 4.13. The zero-order chi connectivity index (χ0) is 12.4. The van der Waals surface area contributed by atoms with Gasteiger partial charge in [-0.2, -0.15) is 0 Å². The third-order valence-electron chi connectivity index (χ3n) is 2.64. The number of carboxylic acid groups (broad SMARTS) is 1. The maximum atomic E-state index is 12.0. The van der Waals surface area contributed by atoms with Gasteiger partial charge in [0.1, 0.15) is 6.54 Å². The van der Waals surface area contributed by atoms with E-state index in [1.165, 1.54) is 17.2 Å². The summed E-state index contributed by atoms with van der Waals surface area (Å²) in [5.74, 6) is -0.999. The summed E-state index contributed by atoms with van der Waals surface area (Å²) in [5, 5.41) is 8.78. The van der Waals surface area contributed by atoms with Crippen LogP contribution in [-0.2, 0) is 4.79 Å². The molecule has 1 amide bonds. The third kappa shape index (κ3) is 3.00. The first kappa shape index (κ1) is 12.0. The second kappa shape index (κ2) is 4.79. The van der Waals surface area contributed by atoms with Crippen molar-refractivity contribution in [2.45, 2.75) is 12.8 Å². The number of rotatable bonds is 5. The van der Waals surface area contributed by atoms with Gasteiger partial charge in [0.15, 0.2) is 0 Å². The van der Waals surface area contributed by atoms with Crippen molar-refractivity contribution in [3.05, 3.63) is 23.1 Å². The van der Waals surface area contributed by atoms with Gasteiger partial charge in [0, 0.05) is 6.54 Å². The van der Waals surface area contributed by atoms with Gasteiger partial charge in [0.25, 0.3) is 5.91 Å². The number of carbonyl (C=O) groups excluding carboxylic acids is 1. The summed E-state index contributed by atoms with van der Waals surface area (Å²) in [6.07, 6.45) is 3.40. The van der Waals surface area contributed by atoms with Crippen molar-refractivity contribution in [1.82, 2.24) is 4.90 Å². The Morgan fingerprint density at radius 3 is 2.71 bits per heavy atom. The lowest BCUT2D eigenvalue weighted by Crippen LogP contribution is -2.37. The van der Waals surface area contributed by atoms with Crippen molar-refractivity contribution in [2.75, 3.05) is 13.1 Å². The van der Waals surface area contributed by atoms with Crippen LogP contribution in [0.25, 0.3) is 0 Å². The largest absolute Gasteiger partial charge is 0.480 e. The van der Waals surface area contributed by atoms with E-state index in [1.54, 1.807) is 0 Å². The highest BCUT2D eigenvalue weighted by Crippen LogP contribution is 2.30. The fourth-order valence-electron chi connectivity index (χ4n) is 1.61. The first-order valence-electron chi connectivity index (χ1n) is 5.32. The molecule has 2 rings (SSSR count). The average Bonchev–Trinajstić information content (AvgIpc) is 2.97. The Hall–Kier alpha value is -1.49. The van der Waals surface area contributed by atoms with E-state index < -0.39 is 11.9 Å². The smallest absolute Gasteiger partial charge is 0.323 e. The van der Waals surface area contributed by atoms with Crippen molar-refractivity contribution in [3.8, 4) is 0 Å². The van der Waals surface area contributed by atoms with Crippen LogP contribution in [0.15, 0.2) is 16.7 Å². The van der Waals surface area contributed by atoms with Gasteiger partial charge in [-0.15, -0.1) is 0 Å². The van der Waals surface area contributed by atoms with E-state index in [0.717, 1.165) is 12.8 Å². The zero-order valence-electron chi connectivity index (χ0n) is 9.06. The van der Waals surface area contributed by atoms with Gasteiger partial charge in [-0.1, -0.05) is 0 Å². The Kier molecular flexibility index (Phi) is 3.38. The number of halogens is 1. The number of carbonyl (C=O) groups is 2. The quantitative estimate of drug-likeness (QED) is 0.874. The van der Waals surface area contributed by atoms with E-state index in [2.05, 4.69) is 0 Å². The standard InChI is InChI=1S/C11H12ClNO4/c12-10-8(3-4-17-10)11(16)13(6-9(14)15)5-7-1-2-7/h3-4,7H,1-2,5-6H2,(H,14,15). The van der Waals surface area contributed by atoms with Gasteiger partial charge in [0.2, 0.25) is 5.22 Å². The zero-order valence-corrected chi connectivity index (χ0v) is 9.81. The van der Waals surface area contributed by atoms with Crippen molar-refractivity contribution >= 4 is 23.5 Å². The van der Waals surface area contributed by atoms with Crippen LogP contribution in [-0.4, -0.2) is 35.0 Å². The average molecular weight is 258 g/mol. The highest BCUT2D eigenvalue weighted by Gasteiger charge is 2.29. The number of hydrogen-bond acceptors (Lipinski definition) is 3. The van der Waals surface area contributed by atoms with Crippen LogP contribution in [0.2, 0.25) is 5.22 Å². The Bertz CT molecular complexity index is 438. The van der Waals surface area contributed by atoms with Gasteiger partial charge >= 0.3 is 5.97 Å². The van der Waals surface area contributed by atoms with Gasteiger partial charge in [-0.05, 0) is 36.4 Å². The molecular weight excluding hydrogens is 246 g/mol. The van der Waals surface area contributed by atoms with Crippen LogP contribution in [0.3, 0.4) is 0 Å². The highest BCUT2D eigenvalue weighted by molar-refractivity contribution is 6.32. The van der Waals surface area contributed by atoms with Crippen molar-refractivity contribution in [3.63, 3.8) is 0 Å². The maximum absolute atomic E-state index is 12.0. The monoisotopic (exact) mass is 257 g/mol. The van der Waals surface area contributed by atoms with E-state index in [-0.39, 0.29) is 17.3 Å². The number of hydrogen-bond donors (Lipinski definition) is 1. The molecule has 0 bridgehead atoms. The normalized spacial score (nSPS) is 14.6. The summed E-state index contributed by atoms with van der Waals surface area (Å²) in [6, 6.07) is 1.45. The van der Waals surface area contributed by atoms with Crippen molar-refractivity contribution in [1.29, 1.82) is 0 Å². The van der Waals surface area contributed by atoms with Gasteiger partial charge in [-0.3, -0.25) is 9.59 Å². The summed E-state index contributed by atoms with van der Waals surface area (Å²) in [6.45, 7) is 0.156. The molecule has 1 heterocycles. The van der Waals surface area contributed by atoms with Crippen molar-refractivity contribution < 1.29 is 19.1 Å². The van der Waals surface area contributed by atoms with E-state index in [1.807, 2.05) is 0 Å². The molecule has 1 aliphatic carbocycles. The molecule has 0 spiro atoms. The van der Waals surface area contributed by atoms with E-state index in [4.69, 9.17) is 21.1 Å². The fraction of sp³-hybridized carbons (Fsp3) is 0.455. The maximum Gasteiger partial charge on any atom is 0.323 e. The molecule has 92 valence electrons. The SMILES string of the molecule is O=C(O)CN(CC1CC1)C(=O)c1ccoc1Cl. The molecule has 1 aromatic heterocycles. The second-order valence-corrected chi connectivity index (χ2v) is 4.47. The molecule has 0 saturated heterocycles. The molecule has 6 heteroatoms. The number of nitrogens with zero attached hydrogens (tertiary/aromatic N) is 1. The molecule has 5 nitrogen and oxygen atoms in total. The number of amides is 1. The lowest BCUT2D eigenvalue weighted by molar-refractivity contribution is -0.137. The van der Waals surface area contributed by atoms with Crippen LogP contribution in [0, 0.1) is 5.92 Å². The molecule has 17 heavy (non-hydrogen) atoms. The van der Waals surface area contributed by atoms with Crippen LogP contribution in [0.1, 0.15) is 23.2 Å². The minimum atomic E-state index is -1.03. The molecular formula is C11H12ClNO4. The summed E-state index contributed by atoms with van der Waals surface area (Å²) in [7, 11) is 0. The molecule has 0 radical (unpaired) electrons. The molecule has 1 aromatic rings. The van der Waals surface area contributed by atoms with Crippen LogP contribution in [0.5, 0.6) is 0 Å². The minimum Gasteiger partial charge on any atom is -0.480 e. The van der Waals surface area contributed by atoms with Crippen LogP contribution >= 0.6 is 11.6 Å². The molecule has 1 fully saturated rings. The number of aliphatic carboxylic acids is 1. The Morgan fingerprint density at radius 1 is 1.53 bits per heavy atom. The predicted octanol–water partition coefficient (Wildman–Crippen LogP) is 1.87. The Labute approximate surface area is 103 Å². The number of furan rings is 1. The molecule has 1 aliphatic rings. The molecule has 0 unspecified atom stereocenters. The summed E-state index contributed by atoms with van der Waals surface area (Å²) < 4.78 is 4.83. The summed E-state index contributed by atoms with van der Waals surface area (Å²) in [5.41, 5.74) is 0.216. The van der Waals surface area contributed by atoms with E-state index in [9.17, 15) is 9.59 Å². The Morgan fingerprint density at radius 2 is 2.24 bits per heavy atom. The summed E-state index contributed by atoms with van der Waals surface area (Å²) in [4.78, 5) is 24.1. The molecule has 0 atom stereocenters. The minimum absolute atomic E-state index is 0.00110. The molecule has 1 N–H and O–H groups in total. The van der Waals surface area contributed by atoms with Gasteiger partial charge < -0.3 is 14.4 Å². The van der Waals surface area contributed by atoms with Gasteiger partial charge in [-0.25, -0.2) is 0 Å². The Balaban J connectivity index is 2.10. The first-order chi connectivity index (χ1) is 8.08. The topological polar surface area (TPSA) is 70.8 Å².